The molecular formula is C19H18FN3O3. The molecule has 26 heavy (non-hydrogen) atoms. The molecule has 2 aromatic carbocycles. The van der Waals surface area contributed by atoms with Crippen LogP contribution in [0.1, 0.15) is 20.8 Å². The predicted octanol–water partition coefficient (Wildman–Crippen LogP) is 4.08. The highest BCUT2D eigenvalue weighted by Crippen LogP contribution is 2.27. The van der Waals surface area contributed by atoms with Gasteiger partial charge in [-0.15, -0.1) is 0 Å². The molecule has 0 fully saturated rings. The third-order valence-electron chi connectivity index (χ3n) is 3.57. The fraction of sp³-hybridized carbons (Fsp3) is 0.211. The number of carbonyl (C=O) groups is 1. The van der Waals surface area contributed by atoms with Gasteiger partial charge in [0, 0.05) is 10.9 Å². The van der Waals surface area contributed by atoms with Crippen molar-refractivity contribution in [3.8, 4) is 11.3 Å². The summed E-state index contributed by atoms with van der Waals surface area (Å²) in [6, 6.07) is 11.2. The second-order valence-corrected chi connectivity index (χ2v) is 6.77. The van der Waals surface area contributed by atoms with Crippen molar-refractivity contribution < 1.29 is 13.9 Å². The number of carbonyl (C=O) groups excluding carboxylic acids is 1. The van der Waals surface area contributed by atoms with Crippen LogP contribution >= 0.6 is 0 Å². The number of H-pyrrole nitrogens is 1. The maximum atomic E-state index is 14.4. The minimum atomic E-state index is -0.739. The second kappa shape index (κ2) is 6.59. The lowest BCUT2D eigenvalue weighted by molar-refractivity contribution is 0.0635. The van der Waals surface area contributed by atoms with Crippen molar-refractivity contribution in [2.24, 2.45) is 0 Å². The molecule has 6 nitrogen and oxygen atoms in total. The van der Waals surface area contributed by atoms with Crippen molar-refractivity contribution in [3.05, 3.63) is 58.6 Å². The molecule has 1 aromatic heterocycles. The number of fused-ring (bicyclic) bond motifs is 1. The van der Waals surface area contributed by atoms with Crippen LogP contribution in [0.3, 0.4) is 0 Å². The molecule has 0 aliphatic carbocycles. The highest BCUT2D eigenvalue weighted by Gasteiger charge is 2.18. The number of ether oxygens (including phenoxy) is 1. The maximum absolute atomic E-state index is 14.4. The Balaban J connectivity index is 1.95. The summed E-state index contributed by atoms with van der Waals surface area (Å²) < 4.78 is 19.6. The minimum absolute atomic E-state index is 0.00303. The summed E-state index contributed by atoms with van der Waals surface area (Å²) in [5, 5.41) is 9.91. The van der Waals surface area contributed by atoms with Gasteiger partial charge in [-0.3, -0.25) is 10.1 Å². The fourth-order valence-corrected chi connectivity index (χ4v) is 2.51. The van der Waals surface area contributed by atoms with Gasteiger partial charge in [-0.2, -0.15) is 5.10 Å². The van der Waals surface area contributed by atoms with E-state index in [1.165, 1.54) is 12.1 Å². The van der Waals surface area contributed by atoms with Crippen molar-refractivity contribution >= 4 is 22.6 Å². The van der Waals surface area contributed by atoms with Gasteiger partial charge in [0.15, 0.2) is 0 Å². The van der Waals surface area contributed by atoms with Crippen LogP contribution in [0.15, 0.2) is 47.3 Å². The van der Waals surface area contributed by atoms with Gasteiger partial charge >= 0.3 is 6.09 Å². The molecule has 0 saturated heterocycles. The first-order valence-electron chi connectivity index (χ1n) is 8.02. The Bertz CT molecular complexity index is 1040. The van der Waals surface area contributed by atoms with Gasteiger partial charge in [-0.25, -0.2) is 14.3 Å². The molecule has 0 aliphatic heterocycles. The highest BCUT2D eigenvalue weighted by atomic mass is 19.1. The van der Waals surface area contributed by atoms with Gasteiger partial charge in [0.2, 0.25) is 0 Å². The number of anilines is 1. The van der Waals surface area contributed by atoms with Gasteiger partial charge in [0.05, 0.1) is 16.8 Å². The molecule has 3 aromatic rings. The monoisotopic (exact) mass is 355 g/mol. The lowest BCUT2D eigenvalue weighted by Gasteiger charge is -2.19. The number of aromatic nitrogens is 2. The van der Waals surface area contributed by atoms with Crippen LogP contribution in [0.5, 0.6) is 0 Å². The summed E-state index contributed by atoms with van der Waals surface area (Å²) >= 11 is 0. The normalized spacial score (nSPS) is 11.4. The average Bonchev–Trinajstić information content (AvgIpc) is 2.56. The molecule has 0 spiro atoms. The van der Waals surface area contributed by atoms with E-state index in [-0.39, 0.29) is 11.2 Å². The van der Waals surface area contributed by atoms with Crippen LogP contribution in [-0.4, -0.2) is 21.9 Å². The number of nitrogens with one attached hydrogen (secondary N) is 2. The fourth-order valence-electron chi connectivity index (χ4n) is 2.51. The molecule has 1 heterocycles. The first kappa shape index (κ1) is 17.6. The smallest absolute Gasteiger partial charge is 0.412 e. The average molecular weight is 355 g/mol. The van der Waals surface area contributed by atoms with E-state index in [1.807, 2.05) is 0 Å². The molecule has 0 radical (unpaired) electrons. The topological polar surface area (TPSA) is 84.1 Å². The Morgan fingerprint density at radius 3 is 2.50 bits per heavy atom. The number of nitrogens with zero attached hydrogens (tertiary/aromatic N) is 1. The molecule has 3 rings (SSSR count). The molecule has 0 saturated carbocycles. The second-order valence-electron chi connectivity index (χ2n) is 6.77. The highest BCUT2D eigenvalue weighted by molar-refractivity contribution is 5.94. The summed E-state index contributed by atoms with van der Waals surface area (Å²) in [4.78, 5) is 23.7. The van der Waals surface area contributed by atoms with Gasteiger partial charge in [-0.05, 0) is 39.0 Å². The van der Waals surface area contributed by atoms with Crippen LogP contribution in [0.4, 0.5) is 14.9 Å². The number of rotatable bonds is 2. The van der Waals surface area contributed by atoms with Crippen molar-refractivity contribution in [3.63, 3.8) is 0 Å². The quantitative estimate of drug-likeness (QED) is 0.725. The molecule has 0 aliphatic rings. The number of hydrogen-bond acceptors (Lipinski definition) is 4. The summed E-state index contributed by atoms with van der Waals surface area (Å²) in [5.74, 6) is -0.634. The summed E-state index contributed by atoms with van der Waals surface area (Å²) in [7, 11) is 0. The van der Waals surface area contributed by atoms with E-state index >= 15 is 0 Å². The first-order valence-corrected chi connectivity index (χ1v) is 8.02. The van der Waals surface area contributed by atoms with Crippen molar-refractivity contribution in [1.82, 2.24) is 10.2 Å². The van der Waals surface area contributed by atoms with E-state index < -0.39 is 17.5 Å². The Labute approximate surface area is 149 Å². The molecule has 1 amide bonds. The number of hydrogen-bond donors (Lipinski definition) is 2. The number of benzene rings is 2. The van der Waals surface area contributed by atoms with Crippen LogP contribution in [0.25, 0.3) is 22.0 Å². The lowest BCUT2D eigenvalue weighted by Crippen LogP contribution is -2.27. The SMILES string of the molecule is CC(C)(C)OC(=O)Nc1ccc(-c2n[nH]c(=O)c3ccccc23)cc1F. The molecule has 2 N–H and O–H groups in total. The van der Waals surface area contributed by atoms with Gasteiger partial charge in [0.25, 0.3) is 5.56 Å². The van der Waals surface area contributed by atoms with Crippen molar-refractivity contribution in [1.29, 1.82) is 0 Å². The van der Waals surface area contributed by atoms with Crippen LogP contribution < -0.4 is 10.9 Å². The maximum Gasteiger partial charge on any atom is 0.412 e. The van der Waals surface area contributed by atoms with Crippen molar-refractivity contribution in [2.75, 3.05) is 5.32 Å². The summed E-state index contributed by atoms with van der Waals surface area (Å²) in [6.45, 7) is 5.16. The van der Waals surface area contributed by atoms with E-state index in [0.717, 1.165) is 0 Å². The van der Waals surface area contributed by atoms with E-state index in [9.17, 15) is 14.0 Å². The largest absolute Gasteiger partial charge is 0.444 e. The van der Waals surface area contributed by atoms with Crippen LogP contribution in [-0.2, 0) is 4.74 Å². The van der Waals surface area contributed by atoms with Crippen LogP contribution in [0.2, 0.25) is 0 Å². The Kier molecular flexibility index (Phi) is 4.46. The third kappa shape index (κ3) is 3.72. The van der Waals surface area contributed by atoms with Gasteiger partial charge < -0.3 is 4.74 Å². The molecule has 0 atom stereocenters. The molecule has 7 heteroatoms. The molecule has 0 bridgehead atoms. The van der Waals surface area contributed by atoms with E-state index in [4.69, 9.17) is 4.74 Å². The van der Waals surface area contributed by atoms with Crippen LogP contribution in [0, 0.1) is 5.82 Å². The Morgan fingerprint density at radius 1 is 1.15 bits per heavy atom. The van der Waals surface area contributed by atoms with Crippen molar-refractivity contribution in [2.45, 2.75) is 26.4 Å². The molecular weight excluding hydrogens is 337 g/mol. The molecule has 134 valence electrons. The predicted molar refractivity (Wildman–Crippen MR) is 97.6 cm³/mol. The Morgan fingerprint density at radius 2 is 1.85 bits per heavy atom. The zero-order chi connectivity index (χ0) is 18.9. The zero-order valence-corrected chi connectivity index (χ0v) is 14.6. The standard InChI is InChI=1S/C19H18FN3O3/c1-19(2,3)26-18(25)21-15-9-8-11(10-14(15)20)16-12-6-4-5-7-13(12)17(24)23-22-16/h4-10H,1-3H3,(H,21,25)(H,23,24). The summed E-state index contributed by atoms with van der Waals surface area (Å²) in [6.07, 6.45) is -0.739. The molecule has 0 unspecified atom stereocenters. The minimum Gasteiger partial charge on any atom is -0.444 e. The van der Waals surface area contributed by atoms with E-state index in [1.54, 1.807) is 51.1 Å². The zero-order valence-electron chi connectivity index (χ0n) is 14.6. The van der Waals surface area contributed by atoms with Gasteiger partial charge in [0.1, 0.15) is 11.4 Å². The number of aromatic amines is 1. The third-order valence-corrected chi connectivity index (χ3v) is 3.57. The first-order chi connectivity index (χ1) is 12.2. The van der Waals surface area contributed by atoms with E-state index in [0.29, 0.717) is 22.0 Å². The number of halogens is 1. The van der Waals surface area contributed by atoms with E-state index in [2.05, 4.69) is 15.5 Å². The number of amides is 1. The summed E-state index contributed by atoms with van der Waals surface area (Å²) in [5.41, 5.74) is -0.0726. The lowest BCUT2D eigenvalue weighted by atomic mass is 10.0. The van der Waals surface area contributed by atoms with Gasteiger partial charge in [-0.1, -0.05) is 24.3 Å². The Hall–Kier alpha value is -3.22.